The number of rotatable bonds is 4. The average molecular weight is 239 g/mol. The van der Waals surface area contributed by atoms with Crippen molar-refractivity contribution in [3.63, 3.8) is 0 Å². The monoisotopic (exact) mass is 239 g/mol. The lowest BCUT2D eigenvalue weighted by atomic mass is 9.71. The minimum Gasteiger partial charge on any atom is -0.380 e. The maximum absolute atomic E-state index is 11.5. The molecule has 0 aromatic heterocycles. The minimum atomic E-state index is -0.0691. The molecule has 1 saturated carbocycles. The number of nitrogens with zero attached hydrogens (tertiary/aromatic N) is 1. The maximum atomic E-state index is 11.5. The lowest BCUT2D eigenvalue weighted by Crippen LogP contribution is -2.41. The highest BCUT2D eigenvalue weighted by Crippen LogP contribution is 2.39. The fourth-order valence-corrected chi connectivity index (χ4v) is 3.57. The molecule has 0 radical (unpaired) electrons. The summed E-state index contributed by atoms with van der Waals surface area (Å²) >= 11 is 0. The topological polar surface area (TPSA) is 29.5 Å². The van der Waals surface area contributed by atoms with Gasteiger partial charge in [-0.25, -0.2) is 0 Å². The number of carbonyl (C=O) groups excluding carboxylic acids is 1. The number of ether oxygens (including phenoxy) is 1. The summed E-state index contributed by atoms with van der Waals surface area (Å²) in [6.45, 7) is 5.31. The van der Waals surface area contributed by atoms with Gasteiger partial charge in [-0.2, -0.15) is 0 Å². The summed E-state index contributed by atoms with van der Waals surface area (Å²) in [6.07, 6.45) is 7.38. The number of hydrogen-bond acceptors (Lipinski definition) is 3. The second-order valence-corrected chi connectivity index (χ2v) is 6.06. The smallest absolute Gasteiger partial charge is 0.127 e. The van der Waals surface area contributed by atoms with Crippen molar-refractivity contribution in [3.05, 3.63) is 0 Å². The van der Waals surface area contributed by atoms with Gasteiger partial charge in [-0.15, -0.1) is 0 Å². The Balaban J connectivity index is 1.93. The van der Waals surface area contributed by atoms with Gasteiger partial charge in [0.2, 0.25) is 0 Å². The number of likely N-dealkylation sites (tertiary alicyclic amines) is 1. The summed E-state index contributed by atoms with van der Waals surface area (Å²) in [6, 6.07) is 0. The Kier molecular flexibility index (Phi) is 4.21. The van der Waals surface area contributed by atoms with Crippen LogP contribution in [0.4, 0.5) is 0 Å². The average Bonchev–Trinajstić information content (AvgIpc) is 2.76. The Morgan fingerprint density at radius 1 is 1.47 bits per heavy atom. The van der Waals surface area contributed by atoms with E-state index in [0.717, 1.165) is 38.9 Å². The highest BCUT2D eigenvalue weighted by Gasteiger charge is 2.37. The Labute approximate surface area is 105 Å². The molecule has 1 saturated heterocycles. The van der Waals surface area contributed by atoms with Gasteiger partial charge in [-0.3, -0.25) is 4.90 Å². The van der Waals surface area contributed by atoms with Crippen molar-refractivity contribution >= 4 is 6.29 Å². The van der Waals surface area contributed by atoms with Gasteiger partial charge in [0.05, 0.1) is 6.10 Å². The molecule has 0 bridgehead atoms. The van der Waals surface area contributed by atoms with Gasteiger partial charge in [-0.05, 0) is 25.2 Å². The van der Waals surface area contributed by atoms with E-state index >= 15 is 0 Å². The SMILES string of the molecule is COC1CCN(CC2(C=O)CCCC(C)C2)C1. The normalized spacial score (nSPS) is 39.4. The molecule has 1 aliphatic heterocycles. The van der Waals surface area contributed by atoms with Gasteiger partial charge in [0, 0.05) is 32.2 Å². The predicted molar refractivity (Wildman–Crippen MR) is 68.0 cm³/mol. The molecule has 3 heteroatoms. The van der Waals surface area contributed by atoms with Crippen LogP contribution in [0.15, 0.2) is 0 Å². The summed E-state index contributed by atoms with van der Waals surface area (Å²) in [7, 11) is 1.78. The van der Waals surface area contributed by atoms with E-state index in [-0.39, 0.29) is 5.41 Å². The lowest BCUT2D eigenvalue weighted by molar-refractivity contribution is -0.120. The van der Waals surface area contributed by atoms with Gasteiger partial charge in [-0.1, -0.05) is 19.8 Å². The van der Waals surface area contributed by atoms with Gasteiger partial charge < -0.3 is 9.53 Å². The third-order valence-electron chi connectivity index (χ3n) is 4.48. The number of aldehydes is 1. The molecule has 1 heterocycles. The number of methoxy groups -OCH3 is 1. The predicted octanol–water partition coefficient (Wildman–Crippen LogP) is 2.10. The molecule has 17 heavy (non-hydrogen) atoms. The maximum Gasteiger partial charge on any atom is 0.127 e. The van der Waals surface area contributed by atoms with E-state index in [1.54, 1.807) is 7.11 Å². The summed E-state index contributed by atoms with van der Waals surface area (Å²) < 4.78 is 5.39. The minimum absolute atomic E-state index is 0.0691. The third kappa shape index (κ3) is 3.08. The van der Waals surface area contributed by atoms with Crippen molar-refractivity contribution in [1.82, 2.24) is 4.90 Å². The molecule has 2 rings (SSSR count). The Bertz CT molecular complexity index is 269. The number of hydrogen-bond donors (Lipinski definition) is 0. The van der Waals surface area contributed by atoms with E-state index in [1.807, 2.05) is 0 Å². The van der Waals surface area contributed by atoms with Crippen LogP contribution in [0, 0.1) is 11.3 Å². The van der Waals surface area contributed by atoms with Crippen LogP contribution >= 0.6 is 0 Å². The first-order valence-electron chi connectivity index (χ1n) is 6.89. The molecule has 0 amide bonds. The molecule has 98 valence electrons. The van der Waals surface area contributed by atoms with Crippen LogP contribution in [0.5, 0.6) is 0 Å². The zero-order valence-corrected chi connectivity index (χ0v) is 11.2. The first-order valence-corrected chi connectivity index (χ1v) is 6.89. The van der Waals surface area contributed by atoms with Crippen molar-refractivity contribution in [2.75, 3.05) is 26.7 Å². The highest BCUT2D eigenvalue weighted by molar-refractivity contribution is 5.60. The van der Waals surface area contributed by atoms with Crippen LogP contribution in [0.1, 0.15) is 39.0 Å². The molecule has 2 fully saturated rings. The van der Waals surface area contributed by atoms with Crippen molar-refractivity contribution in [1.29, 1.82) is 0 Å². The molecule has 3 atom stereocenters. The molecule has 0 aromatic carbocycles. The van der Waals surface area contributed by atoms with E-state index in [0.29, 0.717) is 12.0 Å². The van der Waals surface area contributed by atoms with Crippen molar-refractivity contribution in [2.45, 2.75) is 45.1 Å². The van der Waals surface area contributed by atoms with Gasteiger partial charge in [0.25, 0.3) is 0 Å². The van der Waals surface area contributed by atoms with E-state index in [4.69, 9.17) is 4.74 Å². The Hall–Kier alpha value is -0.410. The molecule has 1 aliphatic carbocycles. The van der Waals surface area contributed by atoms with Crippen LogP contribution in [0.2, 0.25) is 0 Å². The molecular formula is C14H25NO2. The van der Waals surface area contributed by atoms with Crippen LogP contribution < -0.4 is 0 Å². The summed E-state index contributed by atoms with van der Waals surface area (Å²) in [5.41, 5.74) is -0.0691. The fourth-order valence-electron chi connectivity index (χ4n) is 3.57. The van der Waals surface area contributed by atoms with Crippen LogP contribution in [0.3, 0.4) is 0 Å². The fraction of sp³-hybridized carbons (Fsp3) is 0.929. The standard InChI is InChI=1S/C14H25NO2/c1-12-4-3-6-14(8-12,11-16)10-15-7-5-13(9-15)17-2/h11-13H,3-10H2,1-2H3. The van der Waals surface area contributed by atoms with Crippen molar-refractivity contribution in [3.8, 4) is 0 Å². The number of carbonyl (C=O) groups is 1. The van der Waals surface area contributed by atoms with E-state index in [9.17, 15) is 4.79 Å². The summed E-state index contributed by atoms with van der Waals surface area (Å²) in [5.74, 6) is 0.703. The molecule has 0 aromatic rings. The molecule has 2 aliphatic rings. The first-order chi connectivity index (χ1) is 8.17. The van der Waals surface area contributed by atoms with Gasteiger partial charge >= 0.3 is 0 Å². The van der Waals surface area contributed by atoms with E-state index in [2.05, 4.69) is 11.8 Å². The Morgan fingerprint density at radius 2 is 2.29 bits per heavy atom. The van der Waals surface area contributed by atoms with Crippen LogP contribution in [-0.2, 0) is 9.53 Å². The molecule has 3 unspecified atom stereocenters. The highest BCUT2D eigenvalue weighted by atomic mass is 16.5. The van der Waals surface area contributed by atoms with Crippen LogP contribution in [0.25, 0.3) is 0 Å². The quantitative estimate of drug-likeness (QED) is 0.704. The van der Waals surface area contributed by atoms with Crippen molar-refractivity contribution in [2.24, 2.45) is 11.3 Å². The second-order valence-electron chi connectivity index (χ2n) is 6.06. The second kappa shape index (κ2) is 5.49. The molecule has 0 N–H and O–H groups in total. The Morgan fingerprint density at radius 3 is 2.88 bits per heavy atom. The van der Waals surface area contributed by atoms with Gasteiger partial charge in [0.15, 0.2) is 0 Å². The van der Waals surface area contributed by atoms with E-state index < -0.39 is 0 Å². The lowest BCUT2D eigenvalue weighted by Gasteiger charge is -2.38. The van der Waals surface area contributed by atoms with E-state index in [1.165, 1.54) is 19.1 Å². The van der Waals surface area contributed by atoms with Gasteiger partial charge in [0.1, 0.15) is 6.29 Å². The summed E-state index contributed by atoms with van der Waals surface area (Å²) in [4.78, 5) is 13.9. The summed E-state index contributed by atoms with van der Waals surface area (Å²) in [5, 5.41) is 0. The third-order valence-corrected chi connectivity index (χ3v) is 4.48. The van der Waals surface area contributed by atoms with Crippen LogP contribution in [-0.4, -0.2) is 44.0 Å². The zero-order chi connectivity index (χ0) is 12.3. The molecular weight excluding hydrogens is 214 g/mol. The zero-order valence-electron chi connectivity index (χ0n) is 11.2. The molecule has 3 nitrogen and oxygen atoms in total. The molecule has 0 spiro atoms. The largest absolute Gasteiger partial charge is 0.380 e. The van der Waals surface area contributed by atoms with Crippen molar-refractivity contribution < 1.29 is 9.53 Å². The first kappa shape index (κ1) is 13.0.